The molecule has 0 radical (unpaired) electrons. The van der Waals surface area contributed by atoms with Crippen LogP contribution in [-0.4, -0.2) is 57.3 Å². The highest BCUT2D eigenvalue weighted by Gasteiger charge is 2.25. The summed E-state index contributed by atoms with van der Waals surface area (Å²) in [4.78, 5) is 6.65. The molecule has 152 valence electrons. The quantitative estimate of drug-likeness (QED) is 0.564. The van der Waals surface area contributed by atoms with Gasteiger partial charge in [-0.15, -0.1) is 0 Å². The number of guanidine groups is 1. The van der Waals surface area contributed by atoms with Gasteiger partial charge in [0.2, 0.25) is 0 Å². The number of nitrogens with zero attached hydrogens (tertiary/aromatic N) is 2. The maximum atomic E-state index is 13.7. The maximum absolute atomic E-state index is 13.7. The molecule has 0 saturated carbocycles. The Hall–Kier alpha value is -2.38. The third-order valence-electron chi connectivity index (χ3n) is 4.91. The van der Waals surface area contributed by atoms with Crippen LogP contribution in [-0.2, 0) is 11.2 Å². The zero-order chi connectivity index (χ0) is 19.8. The molecule has 1 saturated heterocycles. The molecule has 1 atom stereocenters. The molecule has 28 heavy (non-hydrogen) atoms. The molecule has 0 aliphatic carbocycles. The van der Waals surface area contributed by atoms with Crippen LogP contribution in [0.15, 0.2) is 45.8 Å². The van der Waals surface area contributed by atoms with E-state index in [1.54, 1.807) is 19.2 Å². The maximum Gasteiger partial charge on any atom is 0.191 e. The average Bonchev–Trinajstić information content (AvgIpc) is 3.15. The van der Waals surface area contributed by atoms with Gasteiger partial charge in [-0.2, -0.15) is 0 Å². The fourth-order valence-electron chi connectivity index (χ4n) is 3.36. The first-order valence-corrected chi connectivity index (χ1v) is 9.73. The van der Waals surface area contributed by atoms with Crippen molar-refractivity contribution in [1.82, 2.24) is 15.5 Å². The van der Waals surface area contributed by atoms with E-state index in [0.717, 1.165) is 37.8 Å². The second-order valence-electron chi connectivity index (χ2n) is 6.83. The molecular formula is C21H29FN4O2. The van der Waals surface area contributed by atoms with Crippen molar-refractivity contribution in [3.8, 4) is 0 Å². The van der Waals surface area contributed by atoms with Gasteiger partial charge in [-0.05, 0) is 37.1 Å². The number of furan rings is 1. The molecular weight excluding hydrogens is 359 g/mol. The Bertz CT molecular complexity index is 771. The minimum atomic E-state index is -0.173. The summed E-state index contributed by atoms with van der Waals surface area (Å²) < 4.78 is 25.1. The predicted molar refractivity (Wildman–Crippen MR) is 108 cm³/mol. The molecule has 1 aliphatic rings. The minimum Gasteiger partial charge on any atom is -0.465 e. The van der Waals surface area contributed by atoms with Crippen molar-refractivity contribution < 1.29 is 13.5 Å². The molecule has 1 aromatic carbocycles. The van der Waals surface area contributed by atoms with Crippen LogP contribution in [0.5, 0.6) is 0 Å². The minimum absolute atomic E-state index is 0.0997. The van der Waals surface area contributed by atoms with Gasteiger partial charge in [0.15, 0.2) is 5.96 Å². The standard InChI is InChI=1S/C21H29FN4O2/c1-16-7-8-20(28-16)19(26-11-13-27-14-12-26)15-25-21(23-2)24-10-9-17-5-3-4-6-18(17)22/h3-8,19H,9-15H2,1-2H3,(H2,23,24,25). The summed E-state index contributed by atoms with van der Waals surface area (Å²) in [5, 5.41) is 6.64. The number of ether oxygens (including phenoxy) is 1. The zero-order valence-corrected chi connectivity index (χ0v) is 16.6. The molecule has 3 rings (SSSR count). The van der Waals surface area contributed by atoms with Gasteiger partial charge < -0.3 is 19.8 Å². The highest BCUT2D eigenvalue weighted by molar-refractivity contribution is 5.79. The summed E-state index contributed by atoms with van der Waals surface area (Å²) in [7, 11) is 1.74. The van der Waals surface area contributed by atoms with E-state index in [-0.39, 0.29) is 11.9 Å². The first-order chi connectivity index (χ1) is 13.7. The fourth-order valence-corrected chi connectivity index (χ4v) is 3.36. The van der Waals surface area contributed by atoms with Crippen LogP contribution in [0.25, 0.3) is 0 Å². The third kappa shape index (κ3) is 5.56. The van der Waals surface area contributed by atoms with Crippen LogP contribution < -0.4 is 10.6 Å². The van der Waals surface area contributed by atoms with E-state index in [9.17, 15) is 4.39 Å². The molecule has 2 N–H and O–H groups in total. The summed E-state index contributed by atoms with van der Waals surface area (Å²) in [5.41, 5.74) is 0.697. The average molecular weight is 388 g/mol. The van der Waals surface area contributed by atoms with Crippen LogP contribution in [0.1, 0.15) is 23.1 Å². The van der Waals surface area contributed by atoms with Crippen LogP contribution in [0.2, 0.25) is 0 Å². The Labute approximate surface area is 165 Å². The number of hydrogen-bond acceptors (Lipinski definition) is 4. The van der Waals surface area contributed by atoms with Crippen molar-refractivity contribution >= 4 is 5.96 Å². The van der Waals surface area contributed by atoms with Crippen LogP contribution in [0.3, 0.4) is 0 Å². The highest BCUT2D eigenvalue weighted by atomic mass is 19.1. The third-order valence-corrected chi connectivity index (χ3v) is 4.91. The van der Waals surface area contributed by atoms with Gasteiger partial charge in [0.1, 0.15) is 17.3 Å². The Morgan fingerprint density at radius 2 is 1.96 bits per heavy atom. The van der Waals surface area contributed by atoms with Crippen LogP contribution in [0.4, 0.5) is 4.39 Å². The summed E-state index contributed by atoms with van der Waals surface area (Å²) in [5.74, 6) is 2.36. The van der Waals surface area contributed by atoms with E-state index in [1.165, 1.54) is 6.07 Å². The number of hydrogen-bond donors (Lipinski definition) is 2. The number of rotatable bonds is 7. The van der Waals surface area contributed by atoms with E-state index >= 15 is 0 Å². The number of aliphatic imine (C=N–C) groups is 1. The molecule has 2 aromatic rings. The van der Waals surface area contributed by atoms with Crippen molar-refractivity contribution in [1.29, 1.82) is 0 Å². The normalized spacial score (nSPS) is 16.8. The van der Waals surface area contributed by atoms with Crippen LogP contribution >= 0.6 is 0 Å². The van der Waals surface area contributed by atoms with Gasteiger partial charge in [0, 0.05) is 33.2 Å². The summed E-state index contributed by atoms with van der Waals surface area (Å²) >= 11 is 0. The van der Waals surface area contributed by atoms with E-state index in [1.807, 2.05) is 25.1 Å². The first kappa shape index (κ1) is 20.4. The van der Waals surface area contributed by atoms with Gasteiger partial charge in [0.05, 0.1) is 19.3 Å². The number of aryl methyl sites for hydroxylation is 1. The fraction of sp³-hybridized carbons (Fsp3) is 0.476. The molecule has 1 unspecified atom stereocenters. The molecule has 1 aliphatic heterocycles. The van der Waals surface area contributed by atoms with Crippen LogP contribution in [0, 0.1) is 12.7 Å². The lowest BCUT2D eigenvalue weighted by atomic mass is 10.1. The number of halogens is 1. The molecule has 0 amide bonds. The monoisotopic (exact) mass is 388 g/mol. The first-order valence-electron chi connectivity index (χ1n) is 9.73. The molecule has 0 bridgehead atoms. The van der Waals surface area contributed by atoms with Gasteiger partial charge in [-0.25, -0.2) is 4.39 Å². The van der Waals surface area contributed by atoms with Gasteiger partial charge >= 0.3 is 0 Å². The van der Waals surface area contributed by atoms with Crippen molar-refractivity contribution in [2.24, 2.45) is 4.99 Å². The molecule has 1 aromatic heterocycles. The molecule has 1 fully saturated rings. The smallest absolute Gasteiger partial charge is 0.191 e. The van der Waals surface area contributed by atoms with E-state index in [4.69, 9.17) is 9.15 Å². The number of morpholine rings is 1. The highest BCUT2D eigenvalue weighted by Crippen LogP contribution is 2.23. The summed E-state index contributed by atoms with van der Waals surface area (Å²) in [6.45, 7) is 6.40. The van der Waals surface area contributed by atoms with Gasteiger partial charge in [0.25, 0.3) is 0 Å². The predicted octanol–water partition coefficient (Wildman–Crippen LogP) is 2.51. The summed E-state index contributed by atoms with van der Waals surface area (Å²) in [6, 6.07) is 11.0. The molecule has 7 heteroatoms. The lowest BCUT2D eigenvalue weighted by Gasteiger charge is -2.33. The van der Waals surface area contributed by atoms with Crippen molar-refractivity contribution in [3.05, 3.63) is 59.3 Å². The van der Waals surface area contributed by atoms with Gasteiger partial charge in [-0.3, -0.25) is 9.89 Å². The van der Waals surface area contributed by atoms with Crippen molar-refractivity contribution in [2.75, 3.05) is 46.4 Å². The summed E-state index contributed by atoms with van der Waals surface area (Å²) in [6.07, 6.45) is 0.595. The molecule has 2 heterocycles. The van der Waals surface area contributed by atoms with Gasteiger partial charge in [-0.1, -0.05) is 18.2 Å². The van der Waals surface area contributed by atoms with Crippen molar-refractivity contribution in [2.45, 2.75) is 19.4 Å². The van der Waals surface area contributed by atoms with E-state index in [2.05, 4.69) is 20.5 Å². The molecule has 6 nitrogen and oxygen atoms in total. The van der Waals surface area contributed by atoms with E-state index < -0.39 is 0 Å². The van der Waals surface area contributed by atoms with Crippen molar-refractivity contribution in [3.63, 3.8) is 0 Å². The second kappa shape index (κ2) is 10.2. The number of nitrogens with one attached hydrogen (secondary N) is 2. The SMILES string of the molecule is CN=C(NCCc1ccccc1F)NCC(c1ccc(C)o1)N1CCOCC1. The van der Waals surface area contributed by atoms with E-state index in [0.29, 0.717) is 31.0 Å². The Kier molecular flexibility index (Phi) is 7.45. The Morgan fingerprint density at radius 1 is 1.18 bits per heavy atom. The Morgan fingerprint density at radius 3 is 2.64 bits per heavy atom. The lowest BCUT2D eigenvalue weighted by Crippen LogP contribution is -2.46. The Balaban J connectivity index is 1.55. The molecule has 0 spiro atoms. The zero-order valence-electron chi connectivity index (χ0n) is 16.6. The lowest BCUT2D eigenvalue weighted by molar-refractivity contribution is 0.0124. The largest absolute Gasteiger partial charge is 0.465 e. The second-order valence-corrected chi connectivity index (χ2v) is 6.83. The number of benzene rings is 1. The topological polar surface area (TPSA) is 62.0 Å².